The number of rotatable bonds is 18. The van der Waals surface area contributed by atoms with E-state index in [0.717, 1.165) is 25.7 Å². The summed E-state index contributed by atoms with van der Waals surface area (Å²) in [5, 5.41) is 0. The number of hydrogen-bond acceptors (Lipinski definition) is 3. The molecule has 0 amide bonds. The first kappa shape index (κ1) is 23.3. The summed E-state index contributed by atoms with van der Waals surface area (Å²) in [5.74, 6) is 0. The standard InChI is InChI=1S/C23H44O3/c1-3-5-7-9-11-13-15-17-19-21-22(26-23(24)25-21)20-18-16-14-12-10-8-6-4-2/h21-22H,3-20H2,1-2H3. The molecule has 2 atom stereocenters. The molecule has 0 aromatic heterocycles. The zero-order valence-electron chi connectivity index (χ0n) is 17.6. The Balaban J connectivity index is 2.01. The van der Waals surface area contributed by atoms with E-state index in [4.69, 9.17) is 9.47 Å². The van der Waals surface area contributed by atoms with Crippen LogP contribution in [0.25, 0.3) is 0 Å². The maximum atomic E-state index is 11.5. The van der Waals surface area contributed by atoms with Gasteiger partial charge in [0.2, 0.25) is 0 Å². The molecule has 1 heterocycles. The molecule has 1 fully saturated rings. The largest absolute Gasteiger partial charge is 0.509 e. The van der Waals surface area contributed by atoms with Gasteiger partial charge >= 0.3 is 6.16 Å². The van der Waals surface area contributed by atoms with E-state index < -0.39 is 6.16 Å². The molecule has 154 valence electrons. The SMILES string of the molecule is CCCCCCCCCCC1OC(=O)OC1CCCCCCCCCC. The zero-order valence-corrected chi connectivity index (χ0v) is 17.6. The maximum absolute atomic E-state index is 11.5. The van der Waals surface area contributed by atoms with Crippen molar-refractivity contribution in [1.82, 2.24) is 0 Å². The van der Waals surface area contributed by atoms with Gasteiger partial charge in [0.15, 0.2) is 0 Å². The van der Waals surface area contributed by atoms with Gasteiger partial charge in [-0.05, 0) is 25.7 Å². The van der Waals surface area contributed by atoms with E-state index in [1.165, 1.54) is 89.9 Å². The van der Waals surface area contributed by atoms with Gasteiger partial charge in [-0.3, -0.25) is 0 Å². The molecule has 0 bridgehead atoms. The first-order chi connectivity index (χ1) is 12.8. The fourth-order valence-corrected chi connectivity index (χ4v) is 3.88. The van der Waals surface area contributed by atoms with Gasteiger partial charge in [-0.25, -0.2) is 4.79 Å². The summed E-state index contributed by atoms with van der Waals surface area (Å²) in [6, 6.07) is 0. The summed E-state index contributed by atoms with van der Waals surface area (Å²) in [7, 11) is 0. The van der Waals surface area contributed by atoms with Gasteiger partial charge in [0.05, 0.1) is 0 Å². The molecule has 0 saturated carbocycles. The average molecular weight is 369 g/mol. The highest BCUT2D eigenvalue weighted by atomic mass is 16.8. The normalized spacial score (nSPS) is 19.5. The lowest BCUT2D eigenvalue weighted by molar-refractivity contribution is 0.114. The highest BCUT2D eigenvalue weighted by molar-refractivity contribution is 5.62. The van der Waals surface area contributed by atoms with Gasteiger partial charge in [-0.1, -0.05) is 104 Å². The molecule has 0 aromatic carbocycles. The van der Waals surface area contributed by atoms with Gasteiger partial charge in [-0.15, -0.1) is 0 Å². The van der Waals surface area contributed by atoms with E-state index in [1.807, 2.05) is 0 Å². The predicted octanol–water partition coefficient (Wildman–Crippen LogP) is 7.95. The summed E-state index contributed by atoms with van der Waals surface area (Å²) in [6.07, 6.45) is 22.5. The Morgan fingerprint density at radius 3 is 1.19 bits per heavy atom. The lowest BCUT2D eigenvalue weighted by Crippen LogP contribution is -2.22. The van der Waals surface area contributed by atoms with Crippen molar-refractivity contribution in [3.05, 3.63) is 0 Å². The molecule has 2 unspecified atom stereocenters. The first-order valence-corrected chi connectivity index (χ1v) is 11.6. The monoisotopic (exact) mass is 368 g/mol. The van der Waals surface area contributed by atoms with Gasteiger partial charge in [0, 0.05) is 0 Å². The van der Waals surface area contributed by atoms with Crippen molar-refractivity contribution in [1.29, 1.82) is 0 Å². The topological polar surface area (TPSA) is 35.5 Å². The van der Waals surface area contributed by atoms with Crippen LogP contribution in [-0.4, -0.2) is 18.4 Å². The number of hydrogen-bond donors (Lipinski definition) is 0. The van der Waals surface area contributed by atoms with E-state index in [2.05, 4.69) is 13.8 Å². The van der Waals surface area contributed by atoms with Crippen LogP contribution in [0.15, 0.2) is 0 Å². The maximum Gasteiger partial charge on any atom is 0.509 e. The van der Waals surface area contributed by atoms with Crippen LogP contribution in [0.2, 0.25) is 0 Å². The molecular weight excluding hydrogens is 324 g/mol. The molecular formula is C23H44O3. The Hall–Kier alpha value is -0.730. The summed E-state index contributed by atoms with van der Waals surface area (Å²) in [6.45, 7) is 4.52. The van der Waals surface area contributed by atoms with Crippen molar-refractivity contribution in [2.24, 2.45) is 0 Å². The number of ether oxygens (including phenoxy) is 2. The fraction of sp³-hybridized carbons (Fsp3) is 0.957. The molecule has 3 heteroatoms. The van der Waals surface area contributed by atoms with Crippen molar-refractivity contribution >= 4 is 6.16 Å². The average Bonchev–Trinajstić information content (AvgIpc) is 2.99. The van der Waals surface area contributed by atoms with Crippen LogP contribution < -0.4 is 0 Å². The van der Waals surface area contributed by atoms with Gasteiger partial charge in [-0.2, -0.15) is 0 Å². The molecule has 0 aromatic rings. The molecule has 1 aliphatic heterocycles. The lowest BCUT2D eigenvalue weighted by Gasteiger charge is -2.15. The minimum Gasteiger partial charge on any atom is -0.427 e. The molecule has 26 heavy (non-hydrogen) atoms. The molecule has 0 aliphatic carbocycles. The van der Waals surface area contributed by atoms with E-state index in [1.54, 1.807) is 0 Å². The minimum absolute atomic E-state index is 0.00662. The summed E-state index contributed by atoms with van der Waals surface area (Å²) in [4.78, 5) is 11.5. The minimum atomic E-state index is -0.445. The third-order valence-electron chi connectivity index (χ3n) is 5.59. The van der Waals surface area contributed by atoms with E-state index in [0.29, 0.717) is 0 Å². The molecule has 0 radical (unpaired) electrons. The Morgan fingerprint density at radius 1 is 0.538 bits per heavy atom. The van der Waals surface area contributed by atoms with Crippen molar-refractivity contribution < 1.29 is 14.3 Å². The van der Waals surface area contributed by atoms with E-state index in [-0.39, 0.29) is 12.2 Å². The van der Waals surface area contributed by atoms with Crippen LogP contribution in [0.1, 0.15) is 129 Å². The van der Waals surface area contributed by atoms with Crippen molar-refractivity contribution in [2.75, 3.05) is 0 Å². The highest BCUT2D eigenvalue weighted by Crippen LogP contribution is 2.25. The summed E-state index contributed by atoms with van der Waals surface area (Å²) >= 11 is 0. The number of cyclic esters (lactones) is 2. The van der Waals surface area contributed by atoms with Crippen molar-refractivity contribution in [3.63, 3.8) is 0 Å². The second-order valence-corrected chi connectivity index (χ2v) is 8.09. The van der Waals surface area contributed by atoms with Gasteiger partial charge in [0.1, 0.15) is 12.2 Å². The van der Waals surface area contributed by atoms with Crippen LogP contribution in [-0.2, 0) is 9.47 Å². The Kier molecular flexibility index (Phi) is 14.7. The number of carbonyl (C=O) groups excluding carboxylic acids is 1. The van der Waals surface area contributed by atoms with Gasteiger partial charge < -0.3 is 9.47 Å². The number of carbonyl (C=O) groups is 1. The highest BCUT2D eigenvalue weighted by Gasteiger charge is 2.35. The summed E-state index contributed by atoms with van der Waals surface area (Å²) < 4.78 is 10.8. The van der Waals surface area contributed by atoms with Crippen LogP contribution in [0.4, 0.5) is 4.79 Å². The predicted molar refractivity (Wildman–Crippen MR) is 110 cm³/mol. The van der Waals surface area contributed by atoms with E-state index >= 15 is 0 Å². The second kappa shape index (κ2) is 16.4. The third kappa shape index (κ3) is 11.8. The number of unbranched alkanes of at least 4 members (excludes halogenated alkanes) is 14. The van der Waals surface area contributed by atoms with E-state index in [9.17, 15) is 4.79 Å². The second-order valence-electron chi connectivity index (χ2n) is 8.09. The lowest BCUT2D eigenvalue weighted by atomic mass is 9.99. The van der Waals surface area contributed by atoms with Crippen LogP contribution in [0.3, 0.4) is 0 Å². The van der Waals surface area contributed by atoms with Gasteiger partial charge in [0.25, 0.3) is 0 Å². The molecule has 1 rings (SSSR count). The third-order valence-corrected chi connectivity index (χ3v) is 5.59. The van der Waals surface area contributed by atoms with Crippen molar-refractivity contribution in [3.8, 4) is 0 Å². The first-order valence-electron chi connectivity index (χ1n) is 11.6. The van der Waals surface area contributed by atoms with Crippen LogP contribution in [0, 0.1) is 0 Å². The molecule has 1 saturated heterocycles. The molecule has 3 nitrogen and oxygen atoms in total. The zero-order chi connectivity index (χ0) is 18.9. The summed E-state index contributed by atoms with van der Waals surface area (Å²) in [5.41, 5.74) is 0. The Morgan fingerprint density at radius 2 is 0.846 bits per heavy atom. The van der Waals surface area contributed by atoms with Crippen LogP contribution in [0.5, 0.6) is 0 Å². The van der Waals surface area contributed by atoms with Crippen molar-refractivity contribution in [2.45, 2.75) is 142 Å². The smallest absolute Gasteiger partial charge is 0.427 e. The molecule has 0 N–H and O–H groups in total. The quantitative estimate of drug-likeness (QED) is 0.182. The Bertz CT molecular complexity index is 299. The fourth-order valence-electron chi connectivity index (χ4n) is 3.88. The van der Waals surface area contributed by atoms with Crippen LogP contribution >= 0.6 is 0 Å². The molecule has 1 aliphatic rings. The Labute approximate surface area is 162 Å². The molecule has 0 spiro atoms.